The molecule has 0 saturated carbocycles. The molecule has 0 amide bonds. The molecule has 0 fully saturated rings. The zero-order valence-electron chi connectivity index (χ0n) is 11.7. The second kappa shape index (κ2) is 5.38. The highest BCUT2D eigenvalue weighted by Gasteiger charge is 2.29. The lowest BCUT2D eigenvalue weighted by Crippen LogP contribution is -2.25. The lowest BCUT2D eigenvalue weighted by molar-refractivity contribution is 0.0585. The van der Waals surface area contributed by atoms with Gasteiger partial charge in [-0.1, -0.05) is 0 Å². The van der Waals surface area contributed by atoms with Gasteiger partial charge >= 0.3 is 0 Å². The molecule has 0 radical (unpaired) electrons. The summed E-state index contributed by atoms with van der Waals surface area (Å²) < 4.78 is 2.96. The maximum atomic E-state index is 10.8. The van der Waals surface area contributed by atoms with Gasteiger partial charge in [-0.25, -0.2) is 0 Å². The molecule has 19 heavy (non-hydrogen) atoms. The zero-order valence-corrected chi connectivity index (χ0v) is 14.1. The fourth-order valence-corrected chi connectivity index (χ4v) is 3.78. The Kier molecular flexibility index (Phi) is 4.18. The first-order valence-electron chi connectivity index (χ1n) is 6.35. The Balaban J connectivity index is 2.38. The van der Waals surface area contributed by atoms with E-state index in [1.165, 1.54) is 0 Å². The van der Waals surface area contributed by atoms with Crippen molar-refractivity contribution in [3.8, 4) is 0 Å². The largest absolute Gasteiger partial charge is 0.384 e. The number of aryl methyl sites for hydroxylation is 3. The average Bonchev–Trinajstić information content (AvgIpc) is 2.88. The maximum absolute atomic E-state index is 10.8. The summed E-state index contributed by atoms with van der Waals surface area (Å²) >= 11 is 5.19. The highest BCUT2D eigenvalue weighted by atomic mass is 79.9. The maximum Gasteiger partial charge on any atom is 0.102 e. The lowest BCUT2D eigenvalue weighted by Gasteiger charge is -2.23. The number of rotatable bonds is 4. The third kappa shape index (κ3) is 2.78. The molecule has 0 bridgehead atoms. The SMILES string of the molecule is CCn1nc(C)c(Br)c1CC(C)(O)c1sccc1C. The molecular weight excluding hydrogens is 324 g/mol. The standard InChI is InChI=1S/C14H19BrN2OS/c1-5-17-11(12(15)10(3)16-17)8-14(4,18)13-9(2)6-7-19-13/h6-7,18H,5,8H2,1-4H3. The Morgan fingerprint density at radius 1 is 1.47 bits per heavy atom. The minimum absolute atomic E-state index is 0.559. The summed E-state index contributed by atoms with van der Waals surface area (Å²) in [6, 6.07) is 2.05. The molecule has 0 saturated heterocycles. The molecule has 1 unspecified atom stereocenters. The number of halogens is 1. The average molecular weight is 343 g/mol. The number of aliphatic hydroxyl groups is 1. The Bertz CT molecular complexity index is 586. The van der Waals surface area contributed by atoms with Gasteiger partial charge in [-0.15, -0.1) is 11.3 Å². The van der Waals surface area contributed by atoms with Gasteiger partial charge < -0.3 is 5.11 Å². The van der Waals surface area contributed by atoms with Gasteiger partial charge in [-0.3, -0.25) is 4.68 Å². The van der Waals surface area contributed by atoms with Crippen LogP contribution in [0, 0.1) is 13.8 Å². The predicted molar refractivity (Wildman–Crippen MR) is 82.7 cm³/mol. The molecule has 2 rings (SSSR count). The van der Waals surface area contributed by atoms with Crippen molar-refractivity contribution in [2.45, 2.75) is 46.3 Å². The molecule has 0 aliphatic rings. The normalized spacial score (nSPS) is 14.6. The van der Waals surface area contributed by atoms with E-state index in [4.69, 9.17) is 0 Å². The molecule has 0 aliphatic heterocycles. The molecule has 2 aromatic rings. The van der Waals surface area contributed by atoms with E-state index >= 15 is 0 Å². The van der Waals surface area contributed by atoms with Crippen molar-refractivity contribution < 1.29 is 5.11 Å². The highest BCUT2D eigenvalue weighted by molar-refractivity contribution is 9.10. The summed E-state index contributed by atoms with van der Waals surface area (Å²) in [6.45, 7) is 8.76. The van der Waals surface area contributed by atoms with E-state index in [9.17, 15) is 5.11 Å². The van der Waals surface area contributed by atoms with E-state index in [2.05, 4.69) is 28.0 Å². The van der Waals surface area contributed by atoms with Crippen LogP contribution < -0.4 is 0 Å². The summed E-state index contributed by atoms with van der Waals surface area (Å²) in [5, 5.41) is 17.3. The van der Waals surface area contributed by atoms with Crippen LogP contribution in [0.3, 0.4) is 0 Å². The lowest BCUT2D eigenvalue weighted by atomic mass is 9.95. The van der Waals surface area contributed by atoms with Crippen LogP contribution in [-0.2, 0) is 18.6 Å². The molecule has 2 heterocycles. The molecule has 5 heteroatoms. The molecular formula is C14H19BrN2OS. The van der Waals surface area contributed by atoms with Crippen LogP contribution in [0.15, 0.2) is 15.9 Å². The molecule has 0 aromatic carbocycles. The Labute approximate surface area is 126 Å². The first-order chi connectivity index (χ1) is 8.86. The topological polar surface area (TPSA) is 38.0 Å². The van der Waals surface area contributed by atoms with Crippen molar-refractivity contribution in [2.75, 3.05) is 0 Å². The summed E-state index contributed by atoms with van der Waals surface area (Å²) in [6.07, 6.45) is 0.559. The molecule has 0 aliphatic carbocycles. The van der Waals surface area contributed by atoms with Crippen LogP contribution in [0.4, 0.5) is 0 Å². The van der Waals surface area contributed by atoms with Gasteiger partial charge in [0.25, 0.3) is 0 Å². The van der Waals surface area contributed by atoms with Crippen molar-refractivity contribution >= 4 is 27.3 Å². The quantitative estimate of drug-likeness (QED) is 0.917. The van der Waals surface area contributed by atoms with Crippen LogP contribution in [0.1, 0.15) is 35.7 Å². The predicted octanol–water partition coefficient (Wildman–Crippen LogP) is 3.79. The molecule has 3 nitrogen and oxygen atoms in total. The van der Waals surface area contributed by atoms with Gasteiger partial charge in [-0.05, 0) is 60.6 Å². The number of thiophene rings is 1. The van der Waals surface area contributed by atoms with Crippen LogP contribution in [0.2, 0.25) is 0 Å². The molecule has 0 spiro atoms. The van der Waals surface area contributed by atoms with Crippen molar-refractivity contribution in [2.24, 2.45) is 0 Å². The van der Waals surface area contributed by atoms with E-state index in [-0.39, 0.29) is 0 Å². The third-order valence-corrected chi connectivity index (χ3v) is 5.62. The summed E-state index contributed by atoms with van der Waals surface area (Å²) in [7, 11) is 0. The molecule has 1 N–H and O–H groups in total. The second-order valence-electron chi connectivity index (χ2n) is 5.05. The summed E-state index contributed by atoms with van der Waals surface area (Å²) in [5.74, 6) is 0. The molecule has 1 atom stereocenters. The number of nitrogens with zero attached hydrogens (tertiary/aromatic N) is 2. The van der Waals surface area contributed by atoms with Gasteiger partial charge in [0.2, 0.25) is 0 Å². The Morgan fingerprint density at radius 2 is 2.16 bits per heavy atom. The Morgan fingerprint density at radius 3 is 2.68 bits per heavy atom. The third-order valence-electron chi connectivity index (χ3n) is 3.32. The summed E-state index contributed by atoms with van der Waals surface area (Å²) in [4.78, 5) is 1.03. The minimum Gasteiger partial charge on any atom is -0.384 e. The van der Waals surface area contributed by atoms with E-state index in [1.54, 1.807) is 11.3 Å². The van der Waals surface area contributed by atoms with Gasteiger partial charge in [-0.2, -0.15) is 5.10 Å². The fraction of sp³-hybridized carbons (Fsp3) is 0.500. The van der Waals surface area contributed by atoms with Gasteiger partial charge in [0.1, 0.15) is 5.60 Å². The van der Waals surface area contributed by atoms with Crippen LogP contribution >= 0.6 is 27.3 Å². The smallest absolute Gasteiger partial charge is 0.102 e. The first-order valence-corrected chi connectivity index (χ1v) is 8.02. The molecule has 2 aromatic heterocycles. The van der Waals surface area contributed by atoms with Crippen LogP contribution in [0.5, 0.6) is 0 Å². The number of aromatic nitrogens is 2. The monoisotopic (exact) mass is 342 g/mol. The first kappa shape index (κ1) is 14.8. The van der Waals surface area contributed by atoms with Crippen molar-refractivity contribution in [1.82, 2.24) is 9.78 Å². The van der Waals surface area contributed by atoms with Crippen LogP contribution in [0.25, 0.3) is 0 Å². The highest BCUT2D eigenvalue weighted by Crippen LogP contribution is 2.34. The van der Waals surface area contributed by atoms with E-state index in [0.29, 0.717) is 6.42 Å². The van der Waals surface area contributed by atoms with Crippen molar-refractivity contribution in [1.29, 1.82) is 0 Å². The van der Waals surface area contributed by atoms with Crippen LogP contribution in [-0.4, -0.2) is 14.9 Å². The van der Waals surface area contributed by atoms with Crippen molar-refractivity contribution in [3.05, 3.63) is 37.7 Å². The number of hydrogen-bond acceptors (Lipinski definition) is 3. The van der Waals surface area contributed by atoms with E-state index in [0.717, 1.165) is 32.8 Å². The zero-order chi connectivity index (χ0) is 14.2. The van der Waals surface area contributed by atoms with Gasteiger partial charge in [0.05, 0.1) is 15.9 Å². The fourth-order valence-electron chi connectivity index (χ4n) is 2.37. The van der Waals surface area contributed by atoms with Gasteiger partial charge in [0.15, 0.2) is 0 Å². The minimum atomic E-state index is -0.861. The second-order valence-corrected chi connectivity index (χ2v) is 6.75. The summed E-state index contributed by atoms with van der Waals surface area (Å²) in [5.41, 5.74) is 2.30. The van der Waals surface area contributed by atoms with Crippen molar-refractivity contribution in [3.63, 3.8) is 0 Å². The number of hydrogen-bond donors (Lipinski definition) is 1. The Hall–Kier alpha value is -0.650. The van der Waals surface area contributed by atoms with E-state index < -0.39 is 5.60 Å². The van der Waals surface area contributed by atoms with E-state index in [1.807, 2.05) is 36.9 Å². The molecule has 104 valence electrons. The van der Waals surface area contributed by atoms with Gasteiger partial charge in [0, 0.05) is 17.8 Å².